The zero-order chi connectivity index (χ0) is 31.5. The minimum atomic E-state index is -5.08. The van der Waals surface area contributed by atoms with Gasteiger partial charge in [-0.15, -0.1) is 0 Å². The monoisotopic (exact) mass is 628 g/mol. The molecule has 1 aromatic carbocycles. The summed E-state index contributed by atoms with van der Waals surface area (Å²) in [6, 6.07) is 1.88. The summed E-state index contributed by atoms with van der Waals surface area (Å²) in [5.41, 5.74) is -1.23. The second-order valence-electron chi connectivity index (χ2n) is 9.78. The van der Waals surface area contributed by atoms with Crippen molar-refractivity contribution in [3.05, 3.63) is 23.8 Å². The van der Waals surface area contributed by atoms with Gasteiger partial charge in [-0.05, 0) is 24.6 Å². The summed E-state index contributed by atoms with van der Waals surface area (Å²) in [6.07, 6.45) is -4.52. The molecule has 0 atom stereocenters. The Morgan fingerprint density at radius 2 is 1.17 bits per heavy atom. The van der Waals surface area contributed by atoms with Crippen LogP contribution in [0.15, 0.2) is 18.2 Å². The molecule has 1 saturated heterocycles. The zero-order valence-electron chi connectivity index (χ0n) is 22.8. The summed E-state index contributed by atoms with van der Waals surface area (Å²) in [7, 11) is -5.08. The van der Waals surface area contributed by atoms with Gasteiger partial charge in [-0.25, -0.2) is 0 Å². The summed E-state index contributed by atoms with van der Waals surface area (Å²) in [4.78, 5) is 60.0. The van der Waals surface area contributed by atoms with Gasteiger partial charge in [0.15, 0.2) is 0 Å². The Morgan fingerprint density at radius 1 is 0.762 bits per heavy atom. The molecular weight excluding hydrogens is 592 g/mol. The van der Waals surface area contributed by atoms with Crippen molar-refractivity contribution in [2.45, 2.75) is 12.6 Å². The van der Waals surface area contributed by atoms with Crippen LogP contribution in [0.5, 0.6) is 5.75 Å². The number of carboxylic acid groups (broad SMARTS) is 3. The van der Waals surface area contributed by atoms with Gasteiger partial charge in [0.1, 0.15) is 11.1 Å². The molecule has 1 heterocycles. The van der Waals surface area contributed by atoms with E-state index in [1.165, 1.54) is 0 Å². The topological polar surface area (TPSA) is 192 Å². The highest BCUT2D eigenvalue weighted by molar-refractivity contribution is 7.60. The Kier molecular flexibility index (Phi) is 13.6. The van der Waals surface area contributed by atoms with Crippen molar-refractivity contribution in [1.82, 2.24) is 19.6 Å². The zero-order valence-corrected chi connectivity index (χ0v) is 23.7. The standard InChI is InChI=1S/C24H36F3N4O10P/c25-24(26,27)18-2-3-19(20(14-18)42(38,39)40)41-13-1-4-28-5-7-29(15-21(32)33)9-11-31(17-23(36)37)12-10-30(8-6-28)16-22(34)35/h2-3,14H,1,4-13,15-17H2,(H,32,33)(H,34,35)(H,36,37)(H2,38,39,40). The average molecular weight is 629 g/mol. The first kappa shape index (κ1) is 35.4. The van der Waals surface area contributed by atoms with E-state index >= 15 is 0 Å². The molecule has 1 aliphatic rings. The van der Waals surface area contributed by atoms with Gasteiger partial charge >= 0.3 is 31.7 Å². The molecule has 0 unspecified atom stereocenters. The summed E-state index contributed by atoms with van der Waals surface area (Å²) in [5.74, 6) is -3.56. The number of alkyl halides is 3. The van der Waals surface area contributed by atoms with Gasteiger partial charge in [-0.2, -0.15) is 13.2 Å². The van der Waals surface area contributed by atoms with Gasteiger partial charge < -0.3 is 34.7 Å². The van der Waals surface area contributed by atoms with E-state index in [4.69, 9.17) is 4.74 Å². The molecule has 2 rings (SSSR count). The smallest absolute Gasteiger partial charge is 0.416 e. The van der Waals surface area contributed by atoms with Gasteiger partial charge in [0.2, 0.25) is 0 Å². The van der Waals surface area contributed by atoms with Gasteiger partial charge in [0, 0.05) is 58.9 Å². The Morgan fingerprint density at radius 3 is 1.52 bits per heavy atom. The normalized spacial score (nSPS) is 17.7. The molecule has 0 saturated carbocycles. The van der Waals surface area contributed by atoms with Crippen LogP contribution in [0.2, 0.25) is 0 Å². The van der Waals surface area contributed by atoms with E-state index in [0.29, 0.717) is 44.9 Å². The van der Waals surface area contributed by atoms with E-state index in [1.54, 1.807) is 14.7 Å². The number of rotatable bonds is 12. The summed E-state index contributed by atoms with van der Waals surface area (Å²) in [6.45, 7) is 1.76. The molecule has 5 N–H and O–H groups in total. The van der Waals surface area contributed by atoms with Crippen molar-refractivity contribution in [2.24, 2.45) is 0 Å². The van der Waals surface area contributed by atoms with E-state index in [-0.39, 0.29) is 64.6 Å². The molecule has 1 aromatic rings. The van der Waals surface area contributed by atoms with Crippen molar-refractivity contribution in [2.75, 3.05) is 85.1 Å². The molecule has 1 fully saturated rings. The summed E-state index contributed by atoms with van der Waals surface area (Å²) < 4.78 is 56.3. The van der Waals surface area contributed by atoms with Crippen LogP contribution in [-0.2, 0) is 25.1 Å². The van der Waals surface area contributed by atoms with Gasteiger partial charge in [-0.1, -0.05) is 0 Å². The summed E-state index contributed by atoms with van der Waals surface area (Å²) >= 11 is 0. The predicted octanol–water partition coefficient (Wildman–Crippen LogP) is -0.247. The molecule has 42 heavy (non-hydrogen) atoms. The first-order valence-corrected chi connectivity index (χ1v) is 14.6. The Balaban J connectivity index is 2.11. The number of halogens is 3. The third-order valence-corrected chi connectivity index (χ3v) is 7.46. The Labute approximate surface area is 240 Å². The van der Waals surface area contributed by atoms with E-state index in [9.17, 15) is 57.2 Å². The molecule has 0 aliphatic carbocycles. The second kappa shape index (κ2) is 16.2. The van der Waals surface area contributed by atoms with E-state index < -0.39 is 42.5 Å². The minimum absolute atomic E-state index is 0.101. The van der Waals surface area contributed by atoms with Crippen LogP contribution in [0.3, 0.4) is 0 Å². The number of carbonyl (C=O) groups is 3. The predicted molar refractivity (Wildman–Crippen MR) is 142 cm³/mol. The number of hydrogen-bond donors (Lipinski definition) is 5. The van der Waals surface area contributed by atoms with Crippen LogP contribution in [-0.4, -0.2) is 148 Å². The lowest BCUT2D eigenvalue weighted by atomic mass is 10.2. The Bertz CT molecular complexity index is 1090. The van der Waals surface area contributed by atoms with Gasteiger partial charge in [0.05, 0.1) is 31.8 Å². The number of aliphatic carboxylic acids is 3. The maximum absolute atomic E-state index is 13.0. The molecular formula is C24H36F3N4O10P. The molecule has 14 nitrogen and oxygen atoms in total. The average Bonchev–Trinajstić information content (AvgIpc) is 2.85. The van der Waals surface area contributed by atoms with Crippen LogP contribution in [0, 0.1) is 0 Å². The lowest BCUT2D eigenvalue weighted by Crippen LogP contribution is -2.48. The number of nitrogens with zero attached hydrogens (tertiary/aromatic N) is 4. The van der Waals surface area contributed by atoms with Crippen LogP contribution in [0.25, 0.3) is 0 Å². The van der Waals surface area contributed by atoms with E-state index in [0.717, 1.165) is 6.07 Å². The Hall–Kier alpha value is -2.79. The number of benzene rings is 1. The maximum Gasteiger partial charge on any atom is 0.416 e. The quantitative estimate of drug-likeness (QED) is 0.150. The second-order valence-corrected chi connectivity index (χ2v) is 11.3. The van der Waals surface area contributed by atoms with Gasteiger partial charge in [-0.3, -0.25) is 33.6 Å². The molecule has 1 aliphatic heterocycles. The van der Waals surface area contributed by atoms with Crippen LogP contribution in [0.4, 0.5) is 13.2 Å². The molecule has 0 amide bonds. The van der Waals surface area contributed by atoms with Crippen LogP contribution < -0.4 is 10.0 Å². The molecule has 0 bridgehead atoms. The third-order valence-electron chi connectivity index (χ3n) is 6.48. The van der Waals surface area contributed by atoms with E-state index in [2.05, 4.69) is 0 Å². The summed E-state index contributed by atoms with van der Waals surface area (Å²) in [5, 5.41) is 27.0. The molecule has 238 valence electrons. The number of hydrogen-bond acceptors (Lipinski definition) is 9. The largest absolute Gasteiger partial charge is 0.493 e. The SMILES string of the molecule is O=C(O)CN1CCN(CCCOc2ccc(C(F)(F)F)cc2P(=O)(O)O)CCN(CC(=O)O)CCN(CC(=O)O)CC1. The lowest BCUT2D eigenvalue weighted by molar-refractivity contribution is -0.140. The fourth-order valence-electron chi connectivity index (χ4n) is 4.36. The highest BCUT2D eigenvalue weighted by atomic mass is 31.2. The minimum Gasteiger partial charge on any atom is -0.493 e. The fourth-order valence-corrected chi connectivity index (χ4v) is 5.10. The van der Waals surface area contributed by atoms with Crippen molar-refractivity contribution in [3.8, 4) is 5.75 Å². The fraction of sp³-hybridized carbons (Fsp3) is 0.625. The van der Waals surface area contributed by atoms with Crippen molar-refractivity contribution in [1.29, 1.82) is 0 Å². The molecule has 18 heteroatoms. The highest BCUT2D eigenvalue weighted by Crippen LogP contribution is 2.40. The van der Waals surface area contributed by atoms with Crippen molar-refractivity contribution in [3.63, 3.8) is 0 Å². The molecule has 0 radical (unpaired) electrons. The van der Waals surface area contributed by atoms with Crippen LogP contribution >= 0.6 is 7.60 Å². The van der Waals surface area contributed by atoms with E-state index in [1.807, 2.05) is 4.90 Å². The van der Waals surface area contributed by atoms with Crippen LogP contribution in [0.1, 0.15) is 12.0 Å². The number of carboxylic acids is 3. The maximum atomic E-state index is 13.0. The van der Waals surface area contributed by atoms with Gasteiger partial charge in [0.25, 0.3) is 0 Å². The first-order valence-electron chi connectivity index (χ1n) is 13.0. The van der Waals surface area contributed by atoms with Crippen molar-refractivity contribution >= 4 is 30.8 Å². The molecule has 0 spiro atoms. The molecule has 0 aromatic heterocycles. The third kappa shape index (κ3) is 13.0. The number of ether oxygens (including phenoxy) is 1. The van der Waals surface area contributed by atoms with Crippen molar-refractivity contribution < 1.29 is 62.0 Å². The lowest BCUT2D eigenvalue weighted by Gasteiger charge is -2.33. The first-order chi connectivity index (χ1) is 19.5. The highest BCUT2D eigenvalue weighted by Gasteiger charge is 2.34.